The summed E-state index contributed by atoms with van der Waals surface area (Å²) in [7, 11) is 0. The Morgan fingerprint density at radius 3 is 2.87 bits per heavy atom. The zero-order valence-corrected chi connectivity index (χ0v) is 11.0. The smallest absolute Gasteiger partial charge is 0.0829 e. The summed E-state index contributed by atoms with van der Waals surface area (Å²) in [5.41, 5.74) is 0.787. The van der Waals surface area contributed by atoms with E-state index in [-0.39, 0.29) is 5.41 Å². The van der Waals surface area contributed by atoms with Gasteiger partial charge in [-0.1, -0.05) is 13.8 Å². The van der Waals surface area contributed by atoms with Crippen molar-refractivity contribution in [2.45, 2.75) is 32.3 Å². The Hall–Kier alpha value is 0.01000. The Kier molecular flexibility index (Phi) is 3.15. The number of hydrogen-bond donors (Lipinski definition) is 1. The molecule has 1 saturated heterocycles. The van der Waals surface area contributed by atoms with Gasteiger partial charge in [0.2, 0.25) is 0 Å². The molecular weight excluding hydrogens is 224 g/mol. The third kappa shape index (κ3) is 2.24. The highest BCUT2D eigenvalue weighted by atomic mass is 32.2. The first kappa shape index (κ1) is 11.5. The minimum atomic E-state index is -0.531. The molecule has 1 aromatic rings. The Morgan fingerprint density at radius 1 is 1.47 bits per heavy atom. The van der Waals surface area contributed by atoms with Crippen LogP contribution >= 0.6 is 23.1 Å². The van der Waals surface area contributed by atoms with Crippen molar-refractivity contribution in [1.29, 1.82) is 0 Å². The molecule has 1 N–H and O–H groups in total. The second-order valence-corrected chi connectivity index (χ2v) is 6.91. The van der Waals surface area contributed by atoms with E-state index < -0.39 is 5.60 Å². The van der Waals surface area contributed by atoms with Gasteiger partial charge < -0.3 is 5.11 Å². The van der Waals surface area contributed by atoms with Gasteiger partial charge in [-0.3, -0.25) is 0 Å². The summed E-state index contributed by atoms with van der Waals surface area (Å²) < 4.78 is 0. The Morgan fingerprint density at radius 2 is 2.27 bits per heavy atom. The quantitative estimate of drug-likeness (QED) is 0.859. The van der Waals surface area contributed by atoms with Gasteiger partial charge in [0.1, 0.15) is 0 Å². The number of rotatable bonds is 2. The lowest BCUT2D eigenvalue weighted by Gasteiger charge is -2.46. The van der Waals surface area contributed by atoms with Gasteiger partial charge in [-0.2, -0.15) is 23.1 Å². The maximum absolute atomic E-state index is 10.8. The predicted octanol–water partition coefficient (Wildman–Crippen LogP) is 3.18. The first-order valence-electron chi connectivity index (χ1n) is 5.35. The monoisotopic (exact) mass is 242 g/mol. The van der Waals surface area contributed by atoms with Crippen LogP contribution in [0, 0.1) is 5.41 Å². The van der Waals surface area contributed by atoms with Crippen LogP contribution in [0.2, 0.25) is 0 Å². The van der Waals surface area contributed by atoms with Crippen LogP contribution in [-0.2, 0) is 6.42 Å². The van der Waals surface area contributed by atoms with E-state index in [0.717, 1.165) is 18.6 Å². The zero-order chi connectivity index (χ0) is 10.9. The molecule has 15 heavy (non-hydrogen) atoms. The van der Waals surface area contributed by atoms with Gasteiger partial charge >= 0.3 is 0 Å². The maximum Gasteiger partial charge on any atom is 0.0829 e. The average molecular weight is 242 g/mol. The number of thiophene rings is 1. The van der Waals surface area contributed by atoms with Crippen LogP contribution in [0.25, 0.3) is 0 Å². The average Bonchev–Trinajstić information content (AvgIpc) is 2.63. The second kappa shape index (κ2) is 4.11. The van der Waals surface area contributed by atoms with E-state index in [4.69, 9.17) is 0 Å². The molecule has 0 aliphatic carbocycles. The summed E-state index contributed by atoms with van der Waals surface area (Å²) in [4.78, 5) is 0. The fraction of sp³-hybridized carbons (Fsp3) is 0.667. The van der Waals surface area contributed by atoms with Crippen LogP contribution in [0.1, 0.15) is 25.8 Å². The van der Waals surface area contributed by atoms with Crippen LogP contribution in [0.5, 0.6) is 0 Å². The summed E-state index contributed by atoms with van der Waals surface area (Å²) >= 11 is 3.59. The topological polar surface area (TPSA) is 20.2 Å². The first-order chi connectivity index (χ1) is 7.04. The summed E-state index contributed by atoms with van der Waals surface area (Å²) in [5, 5.41) is 15.0. The first-order valence-corrected chi connectivity index (χ1v) is 7.44. The number of thioether (sulfide) groups is 1. The van der Waals surface area contributed by atoms with Crippen molar-refractivity contribution < 1.29 is 5.11 Å². The van der Waals surface area contributed by atoms with Crippen molar-refractivity contribution in [3.63, 3.8) is 0 Å². The fourth-order valence-electron chi connectivity index (χ4n) is 2.02. The van der Waals surface area contributed by atoms with Crippen molar-refractivity contribution in [3.8, 4) is 0 Å². The summed E-state index contributed by atoms with van der Waals surface area (Å²) in [6.45, 7) is 4.39. The molecule has 0 aromatic carbocycles. The highest BCUT2D eigenvalue weighted by molar-refractivity contribution is 7.99. The molecule has 1 unspecified atom stereocenters. The molecule has 0 radical (unpaired) electrons. The molecule has 0 saturated carbocycles. The van der Waals surface area contributed by atoms with Crippen LogP contribution < -0.4 is 0 Å². The van der Waals surface area contributed by atoms with Gasteiger partial charge in [0.15, 0.2) is 0 Å². The van der Waals surface area contributed by atoms with Gasteiger partial charge in [0.05, 0.1) is 5.60 Å². The Labute approximate surface area is 99.9 Å². The van der Waals surface area contributed by atoms with E-state index >= 15 is 0 Å². The minimum absolute atomic E-state index is 0.0419. The van der Waals surface area contributed by atoms with E-state index in [2.05, 4.69) is 30.7 Å². The second-order valence-electron chi connectivity index (χ2n) is 5.03. The van der Waals surface area contributed by atoms with Gasteiger partial charge in [-0.25, -0.2) is 0 Å². The van der Waals surface area contributed by atoms with Crippen LogP contribution in [-0.4, -0.2) is 22.2 Å². The molecule has 3 heteroatoms. The van der Waals surface area contributed by atoms with Gasteiger partial charge in [-0.05, 0) is 40.0 Å². The minimum Gasteiger partial charge on any atom is -0.388 e. The molecule has 1 nitrogen and oxygen atoms in total. The highest BCUT2D eigenvalue weighted by Gasteiger charge is 2.45. The molecule has 1 atom stereocenters. The molecule has 0 bridgehead atoms. The van der Waals surface area contributed by atoms with Crippen molar-refractivity contribution in [1.82, 2.24) is 0 Å². The Balaban J connectivity index is 2.17. The normalized spacial score (nSPS) is 30.3. The predicted molar refractivity (Wildman–Crippen MR) is 68.7 cm³/mol. The largest absolute Gasteiger partial charge is 0.388 e. The molecule has 1 aromatic heterocycles. The summed E-state index contributed by atoms with van der Waals surface area (Å²) in [5.74, 6) is 2.05. The molecular formula is C12H18OS2. The third-order valence-electron chi connectivity index (χ3n) is 3.55. The molecule has 2 rings (SSSR count). The van der Waals surface area contributed by atoms with Gasteiger partial charge in [0.25, 0.3) is 0 Å². The van der Waals surface area contributed by atoms with Crippen molar-refractivity contribution in [2.24, 2.45) is 5.41 Å². The lowest BCUT2D eigenvalue weighted by atomic mass is 9.71. The highest BCUT2D eigenvalue weighted by Crippen LogP contribution is 2.44. The Bertz CT molecular complexity index is 318. The molecule has 0 amide bonds. The maximum atomic E-state index is 10.8. The number of hydrogen-bond acceptors (Lipinski definition) is 3. The molecule has 2 heterocycles. The SMILES string of the molecule is CC1(C)CCSCC1(O)Cc1ccsc1. The molecule has 1 fully saturated rings. The van der Waals surface area contributed by atoms with E-state index in [0.29, 0.717) is 0 Å². The third-order valence-corrected chi connectivity index (χ3v) is 5.46. The number of aliphatic hydroxyl groups is 1. The standard InChI is InChI=1S/C12H18OS2/c1-11(2)4-6-15-9-12(11,13)7-10-3-5-14-8-10/h3,5,8,13H,4,6-7,9H2,1-2H3. The van der Waals surface area contributed by atoms with Crippen molar-refractivity contribution >= 4 is 23.1 Å². The van der Waals surface area contributed by atoms with Crippen LogP contribution in [0.15, 0.2) is 16.8 Å². The zero-order valence-electron chi connectivity index (χ0n) is 9.32. The van der Waals surface area contributed by atoms with Crippen molar-refractivity contribution in [2.75, 3.05) is 11.5 Å². The van der Waals surface area contributed by atoms with E-state index in [1.165, 1.54) is 11.3 Å². The van der Waals surface area contributed by atoms with Crippen LogP contribution in [0.3, 0.4) is 0 Å². The molecule has 1 aliphatic heterocycles. The fourth-order valence-corrected chi connectivity index (χ4v) is 4.32. The van der Waals surface area contributed by atoms with E-state index in [9.17, 15) is 5.11 Å². The lowest BCUT2D eigenvalue weighted by Crippen LogP contribution is -2.51. The molecule has 0 spiro atoms. The molecule has 84 valence electrons. The van der Waals surface area contributed by atoms with E-state index in [1.807, 2.05) is 11.8 Å². The summed E-state index contributed by atoms with van der Waals surface area (Å²) in [6.07, 6.45) is 1.91. The molecule has 1 aliphatic rings. The van der Waals surface area contributed by atoms with Crippen molar-refractivity contribution in [3.05, 3.63) is 22.4 Å². The summed E-state index contributed by atoms with van der Waals surface area (Å²) in [6, 6.07) is 2.12. The van der Waals surface area contributed by atoms with Gasteiger partial charge in [0, 0.05) is 12.2 Å². The van der Waals surface area contributed by atoms with E-state index in [1.54, 1.807) is 11.3 Å². The van der Waals surface area contributed by atoms with Gasteiger partial charge in [-0.15, -0.1) is 0 Å². The van der Waals surface area contributed by atoms with Crippen LogP contribution in [0.4, 0.5) is 0 Å². The lowest BCUT2D eigenvalue weighted by molar-refractivity contribution is -0.0512.